The zero-order valence-electron chi connectivity index (χ0n) is 21.1. The van der Waals surface area contributed by atoms with Crippen LogP contribution in [-0.2, 0) is 39.1 Å². The molecular weight excluding hydrogens is 662 g/mol. The summed E-state index contributed by atoms with van der Waals surface area (Å²) in [5.74, 6) is -4.79. The molecule has 2 unspecified atom stereocenters. The second-order valence-corrected chi connectivity index (χ2v) is 11.5. The molecule has 0 bridgehead atoms. The Morgan fingerprint density at radius 3 is 2.54 bits per heavy atom. The van der Waals surface area contributed by atoms with Gasteiger partial charge in [0.15, 0.2) is 31.7 Å². The Balaban J connectivity index is 0.00000588. The number of nitrogens with one attached hydrogen (secondary N) is 4. The summed E-state index contributed by atoms with van der Waals surface area (Å²) in [6.45, 7) is 0.577. The van der Waals surface area contributed by atoms with E-state index >= 15 is 0 Å². The number of anilines is 2. The van der Waals surface area contributed by atoms with Crippen LogP contribution in [0.25, 0.3) is 0 Å². The van der Waals surface area contributed by atoms with E-state index in [9.17, 15) is 36.9 Å². The Morgan fingerprint density at radius 1 is 1.29 bits per heavy atom. The molecule has 0 radical (unpaired) electrons. The van der Waals surface area contributed by atoms with Gasteiger partial charge in [0.1, 0.15) is 29.7 Å². The summed E-state index contributed by atoms with van der Waals surface area (Å²) in [6, 6.07) is -3.04. The number of carbonyl (C=O) groups is 5. The summed E-state index contributed by atoms with van der Waals surface area (Å²) in [6.07, 6.45) is 0. The van der Waals surface area contributed by atoms with Gasteiger partial charge >= 0.3 is 29.6 Å². The smallest absolute Gasteiger partial charge is 0.731 e. The third-order valence-electron chi connectivity index (χ3n) is 4.71. The maximum atomic E-state index is 13.3. The maximum absolute atomic E-state index is 13.3. The second-order valence-electron chi connectivity index (χ2n) is 7.50. The van der Waals surface area contributed by atoms with Gasteiger partial charge < -0.3 is 30.7 Å². The molecule has 1 saturated heterocycles. The van der Waals surface area contributed by atoms with E-state index in [0.717, 1.165) is 29.8 Å². The number of aromatic nitrogens is 2. The van der Waals surface area contributed by atoms with Crippen molar-refractivity contribution in [1.82, 2.24) is 24.9 Å². The molecule has 216 valence electrons. The van der Waals surface area contributed by atoms with Gasteiger partial charge in [-0.2, -0.15) is 0 Å². The molecule has 0 spiro atoms. The first-order valence-corrected chi connectivity index (χ1v) is 14.5. The molecule has 3 heterocycles. The Hall–Kier alpha value is -2.43. The Kier molecular flexibility index (Phi) is 12.4. The van der Waals surface area contributed by atoms with Crippen LogP contribution in [0.15, 0.2) is 10.5 Å². The maximum Gasteiger partial charge on any atom is 1.00 e. The van der Waals surface area contributed by atoms with E-state index in [1.54, 1.807) is 0 Å². The molecule has 3 rings (SSSR count). The van der Waals surface area contributed by atoms with E-state index in [-0.39, 0.29) is 65.7 Å². The number of thiazole rings is 2. The van der Waals surface area contributed by atoms with Gasteiger partial charge in [-0.1, -0.05) is 28.1 Å². The van der Waals surface area contributed by atoms with Crippen molar-refractivity contribution in [3.8, 4) is 0 Å². The van der Waals surface area contributed by atoms with Crippen molar-refractivity contribution < 1.29 is 71.3 Å². The van der Waals surface area contributed by atoms with Crippen molar-refractivity contribution >= 4 is 102 Å². The van der Waals surface area contributed by atoms with Crippen LogP contribution < -0.4 is 50.8 Å². The van der Waals surface area contributed by atoms with E-state index in [1.165, 1.54) is 12.3 Å². The molecule has 4 N–H and O–H groups in total. The normalized spacial score (nSPS) is 15.6. The van der Waals surface area contributed by atoms with Gasteiger partial charge in [-0.05, 0) is 0 Å². The Bertz CT molecular complexity index is 1500. The Labute approximate surface area is 271 Å². The number of hydrogen-bond donors (Lipinski definition) is 4. The number of rotatable bonds is 11. The van der Waals surface area contributed by atoms with E-state index in [4.69, 9.17) is 28.0 Å². The number of halogens is 2. The predicted molar refractivity (Wildman–Crippen MR) is 141 cm³/mol. The van der Waals surface area contributed by atoms with E-state index in [0.29, 0.717) is 0 Å². The zero-order valence-corrected chi connectivity index (χ0v) is 27.1. The van der Waals surface area contributed by atoms with Crippen LogP contribution in [0.1, 0.15) is 24.4 Å². The summed E-state index contributed by atoms with van der Waals surface area (Å²) in [5, 5.41) is 14.4. The number of alkyl halides is 1. The molecule has 2 aromatic rings. The van der Waals surface area contributed by atoms with E-state index in [1.807, 2.05) is 0 Å². The van der Waals surface area contributed by atoms with Gasteiger partial charge in [0.25, 0.3) is 11.8 Å². The van der Waals surface area contributed by atoms with Gasteiger partial charge in [0, 0.05) is 12.3 Å². The third kappa shape index (κ3) is 8.78. The first kappa shape index (κ1) is 34.8. The molecule has 23 heteroatoms. The number of nitrogens with zero attached hydrogens (tertiary/aromatic N) is 4. The van der Waals surface area contributed by atoms with Crippen LogP contribution in [0.4, 0.5) is 10.1 Å². The molecule has 1 aliphatic rings. The molecule has 2 aromatic heterocycles. The minimum Gasteiger partial charge on any atom is -0.731 e. The van der Waals surface area contributed by atoms with Gasteiger partial charge in [0.05, 0.1) is 12.2 Å². The van der Waals surface area contributed by atoms with Crippen LogP contribution in [0.5, 0.6) is 0 Å². The molecule has 0 aliphatic carbocycles. The van der Waals surface area contributed by atoms with Crippen LogP contribution in [-0.4, -0.2) is 88.1 Å². The quantitative estimate of drug-likeness (QED) is 0.0452. The molecule has 0 aromatic carbocycles. The fraction of sp³-hybridized carbons (Fsp3) is 0.333. The fourth-order valence-corrected chi connectivity index (χ4v) is 5.60. The molecule has 41 heavy (non-hydrogen) atoms. The summed E-state index contributed by atoms with van der Waals surface area (Å²) in [5.41, 5.74) is -0.820. The van der Waals surface area contributed by atoms with Crippen LogP contribution in [0.2, 0.25) is 4.47 Å². The zero-order chi connectivity index (χ0) is 29.8. The van der Waals surface area contributed by atoms with Crippen LogP contribution >= 0.6 is 45.9 Å². The van der Waals surface area contributed by atoms with Crippen molar-refractivity contribution in [2.45, 2.75) is 19.0 Å². The van der Waals surface area contributed by atoms with E-state index in [2.05, 4.69) is 36.4 Å². The predicted octanol–water partition coefficient (Wildman–Crippen LogP) is -3.61. The third-order valence-corrected chi connectivity index (χ3v) is 7.68. The van der Waals surface area contributed by atoms with Gasteiger partial charge in [-0.15, -0.1) is 22.9 Å². The molecule has 1 aliphatic heterocycles. The minimum absolute atomic E-state index is 0. The summed E-state index contributed by atoms with van der Waals surface area (Å²) < 4.78 is 33.3. The van der Waals surface area contributed by atoms with Crippen molar-refractivity contribution in [2.75, 3.05) is 30.2 Å². The van der Waals surface area contributed by atoms with E-state index < -0.39 is 64.2 Å². The number of hydrogen-bond acceptors (Lipinski definition) is 14. The van der Waals surface area contributed by atoms with Gasteiger partial charge in [-0.3, -0.25) is 24.0 Å². The molecule has 17 nitrogen and oxygen atoms in total. The number of β-lactam (4-membered cyclic amide) rings is 1. The van der Waals surface area contributed by atoms with Gasteiger partial charge in [0.2, 0.25) is 17.7 Å². The topological polar surface area (TPSA) is 241 Å². The minimum atomic E-state index is -5.07. The van der Waals surface area contributed by atoms with Crippen molar-refractivity contribution in [1.29, 1.82) is 0 Å². The summed E-state index contributed by atoms with van der Waals surface area (Å²) in [4.78, 5) is 74.6. The average Bonchev–Trinajstić information content (AvgIpc) is 3.47. The monoisotopic (exact) mass is 678 g/mol. The molecule has 1 fully saturated rings. The standard InChI is InChI=1S/C18H18Cl2N8O9S3.Na/c1-6(29)21-15-12(26-17(20)39-15)11(27-37-2)14(32)25-10(8-5-38-18(23-8)24-9(30)3-19)13(31)22-7-4-28(16(7)33)40(34,35)36;/h5,7,10H,3-4H2,1-2H3,(H,21,29)(H,22,31)(H,25,32)(H,23,24,30)(H,34,35,36);/q;+1/p-1. The molecule has 2 atom stereocenters. The largest absolute Gasteiger partial charge is 1.00 e. The number of amides is 5. The second kappa shape index (κ2) is 14.6. The van der Waals surface area contributed by atoms with Crippen molar-refractivity contribution in [3.05, 3.63) is 21.2 Å². The van der Waals surface area contributed by atoms with Crippen LogP contribution in [0, 0.1) is 0 Å². The fourth-order valence-electron chi connectivity index (χ4n) is 3.04. The first-order valence-electron chi connectivity index (χ1n) is 10.5. The van der Waals surface area contributed by atoms with Crippen molar-refractivity contribution in [3.63, 3.8) is 0 Å². The van der Waals surface area contributed by atoms with Gasteiger partial charge in [-0.25, -0.2) is 22.7 Å². The first-order chi connectivity index (χ1) is 18.7. The number of carbonyl (C=O) groups excluding carboxylic acids is 5. The summed E-state index contributed by atoms with van der Waals surface area (Å²) in [7, 11) is -3.95. The SMILES string of the molecule is CON=C(C(=O)NC(C(=O)NC1CN(S(=O)(=O)[O-])C1=O)c1csc(NC(=O)CCl)n1)c1nc(Cl)sc1NC(C)=O.[Na+]. The Morgan fingerprint density at radius 2 is 1.98 bits per heavy atom. The van der Waals surface area contributed by atoms with Crippen LogP contribution in [0.3, 0.4) is 0 Å². The average molecular weight is 679 g/mol. The molecule has 0 saturated carbocycles. The number of oxime groups is 1. The van der Waals surface area contributed by atoms with Crippen molar-refractivity contribution in [2.24, 2.45) is 5.16 Å². The summed E-state index contributed by atoms with van der Waals surface area (Å²) >= 11 is 13.1. The molecule has 5 amide bonds. The molecular formula is C18H17Cl2N8NaO9S3.